The van der Waals surface area contributed by atoms with Gasteiger partial charge in [-0.25, -0.2) is 17.8 Å². The van der Waals surface area contributed by atoms with Crippen molar-refractivity contribution in [3.63, 3.8) is 0 Å². The second-order valence-electron chi connectivity index (χ2n) is 5.18. The van der Waals surface area contributed by atoms with Crippen molar-refractivity contribution >= 4 is 56.2 Å². The maximum Gasteiger partial charge on any atom is 0.243 e. The number of thiazole rings is 1. The third-order valence-electron chi connectivity index (χ3n) is 3.09. The van der Waals surface area contributed by atoms with Crippen LogP contribution in [0.3, 0.4) is 0 Å². The van der Waals surface area contributed by atoms with Crippen molar-refractivity contribution in [1.82, 2.24) is 4.98 Å². The summed E-state index contributed by atoms with van der Waals surface area (Å²) in [4.78, 5) is 16.2. The number of hydrogen-bond acceptors (Lipinski definition) is 6. The molecule has 1 unspecified atom stereocenters. The van der Waals surface area contributed by atoms with Gasteiger partial charge in [0, 0.05) is 17.2 Å². The Hall–Kier alpha value is -1.26. The molecule has 0 spiro atoms. The number of sulfone groups is 1. The number of carbonyl (C=O) groups is 1. The van der Waals surface area contributed by atoms with E-state index in [2.05, 4.69) is 10.3 Å². The molecule has 1 aromatic heterocycles. The number of rotatable bonds is 6. The Kier molecular flexibility index (Phi) is 7.76. The van der Waals surface area contributed by atoms with E-state index in [1.165, 1.54) is 29.5 Å². The van der Waals surface area contributed by atoms with Gasteiger partial charge < -0.3 is 11.1 Å². The normalized spacial score (nSPS) is 12.3. The van der Waals surface area contributed by atoms with Crippen molar-refractivity contribution in [2.45, 2.75) is 12.5 Å². The fourth-order valence-electron chi connectivity index (χ4n) is 1.79. The van der Waals surface area contributed by atoms with Crippen LogP contribution < -0.4 is 11.1 Å². The van der Waals surface area contributed by atoms with Crippen LogP contribution in [0.4, 0.5) is 9.52 Å². The number of benzene rings is 1. The summed E-state index contributed by atoms with van der Waals surface area (Å²) in [5, 5.41) is 4.51. The minimum atomic E-state index is -3.18. The number of carbonyl (C=O) groups excluding carboxylic acids is 1. The van der Waals surface area contributed by atoms with E-state index in [-0.39, 0.29) is 29.6 Å². The van der Waals surface area contributed by atoms with Gasteiger partial charge in [0.25, 0.3) is 0 Å². The van der Waals surface area contributed by atoms with E-state index in [0.717, 1.165) is 6.26 Å². The zero-order chi connectivity index (χ0) is 17.9. The largest absolute Gasteiger partial charge is 0.320 e. The second kappa shape index (κ2) is 8.91. The molecule has 0 radical (unpaired) electrons. The van der Waals surface area contributed by atoms with E-state index >= 15 is 0 Å². The summed E-state index contributed by atoms with van der Waals surface area (Å²) in [5.41, 5.74) is 6.81. The van der Waals surface area contributed by atoms with Crippen LogP contribution in [0.1, 0.15) is 6.42 Å². The molecule has 2 aromatic rings. The molecule has 2 rings (SSSR count). The Labute approximate surface area is 159 Å². The summed E-state index contributed by atoms with van der Waals surface area (Å²) in [6, 6.07) is 3.25. The average Bonchev–Trinajstić information content (AvgIpc) is 2.95. The predicted molar refractivity (Wildman–Crippen MR) is 101 cm³/mol. The molecule has 0 fully saturated rings. The van der Waals surface area contributed by atoms with E-state index < -0.39 is 27.6 Å². The molecule has 0 bridgehead atoms. The van der Waals surface area contributed by atoms with E-state index in [1.807, 2.05) is 0 Å². The molecule has 0 saturated heterocycles. The lowest BCUT2D eigenvalue weighted by Crippen LogP contribution is -2.37. The lowest BCUT2D eigenvalue weighted by molar-refractivity contribution is -0.117. The summed E-state index contributed by atoms with van der Waals surface area (Å²) in [6.45, 7) is 0. The third-order valence-corrected chi connectivity index (χ3v) is 5.11. The van der Waals surface area contributed by atoms with Crippen molar-refractivity contribution in [2.24, 2.45) is 5.73 Å². The lowest BCUT2D eigenvalue weighted by Gasteiger charge is -2.09. The van der Waals surface area contributed by atoms with Gasteiger partial charge in [0.2, 0.25) is 5.91 Å². The first-order chi connectivity index (χ1) is 11.2. The Morgan fingerprint density at radius 3 is 2.76 bits per heavy atom. The monoisotopic (exact) mass is 427 g/mol. The van der Waals surface area contributed by atoms with Crippen LogP contribution in [-0.2, 0) is 14.6 Å². The summed E-state index contributed by atoms with van der Waals surface area (Å²) in [6.07, 6.45) is 1.11. The van der Waals surface area contributed by atoms with Gasteiger partial charge in [0.15, 0.2) is 5.13 Å². The number of nitrogens with two attached hydrogens (primary N) is 1. The molecule has 11 heteroatoms. The molecule has 0 aliphatic rings. The number of aromatic nitrogens is 1. The topological polar surface area (TPSA) is 102 Å². The molecule has 0 aliphatic heterocycles. The van der Waals surface area contributed by atoms with Gasteiger partial charge in [0.05, 0.1) is 22.5 Å². The Balaban J connectivity index is 0.00000312. The molecule has 1 heterocycles. The zero-order valence-corrected chi connectivity index (χ0v) is 16.2. The number of nitrogens with zero attached hydrogens (tertiary/aromatic N) is 1. The van der Waals surface area contributed by atoms with Crippen molar-refractivity contribution in [2.75, 3.05) is 17.3 Å². The molecule has 1 aromatic carbocycles. The van der Waals surface area contributed by atoms with Crippen molar-refractivity contribution in [3.8, 4) is 11.3 Å². The van der Waals surface area contributed by atoms with Crippen molar-refractivity contribution in [1.29, 1.82) is 0 Å². The number of halogens is 3. The SMILES string of the molecule is CS(=O)(=O)CCC(N)C(=O)Nc1nc(-c2ccc(F)c(Cl)c2)cs1.Cl. The third kappa shape index (κ3) is 6.52. The molecule has 0 aliphatic carbocycles. The van der Waals surface area contributed by atoms with Gasteiger partial charge in [-0.1, -0.05) is 11.6 Å². The number of nitrogens with one attached hydrogen (secondary N) is 1. The van der Waals surface area contributed by atoms with Crippen molar-refractivity contribution in [3.05, 3.63) is 34.4 Å². The molecule has 6 nitrogen and oxygen atoms in total. The zero-order valence-electron chi connectivity index (χ0n) is 13.0. The van der Waals surface area contributed by atoms with E-state index in [0.29, 0.717) is 16.4 Å². The Morgan fingerprint density at radius 1 is 1.48 bits per heavy atom. The van der Waals surface area contributed by atoms with Crippen LogP contribution >= 0.6 is 35.3 Å². The molecule has 1 amide bonds. The lowest BCUT2D eigenvalue weighted by atomic mass is 10.2. The maximum absolute atomic E-state index is 13.2. The molecule has 0 saturated carbocycles. The average molecular weight is 428 g/mol. The first-order valence-corrected chi connectivity index (χ1v) is 10.1. The van der Waals surface area contributed by atoms with Gasteiger partial charge in [-0.05, 0) is 24.6 Å². The molecular formula is C14H16Cl2FN3O3S2. The number of anilines is 1. The first-order valence-electron chi connectivity index (χ1n) is 6.81. The molecule has 25 heavy (non-hydrogen) atoms. The Morgan fingerprint density at radius 2 is 2.16 bits per heavy atom. The van der Waals surface area contributed by atoms with E-state index in [4.69, 9.17) is 17.3 Å². The number of amides is 1. The first kappa shape index (κ1) is 21.8. The minimum absolute atomic E-state index is 0. The van der Waals surface area contributed by atoms with Gasteiger partial charge in [-0.15, -0.1) is 23.7 Å². The van der Waals surface area contributed by atoms with Crippen LogP contribution in [0.25, 0.3) is 11.3 Å². The molecule has 138 valence electrons. The fraction of sp³-hybridized carbons (Fsp3) is 0.286. The van der Waals surface area contributed by atoms with E-state index in [1.54, 1.807) is 5.38 Å². The highest BCUT2D eigenvalue weighted by Gasteiger charge is 2.17. The summed E-state index contributed by atoms with van der Waals surface area (Å²) < 4.78 is 35.4. The highest BCUT2D eigenvalue weighted by Crippen LogP contribution is 2.28. The van der Waals surface area contributed by atoms with E-state index in [9.17, 15) is 17.6 Å². The highest BCUT2D eigenvalue weighted by molar-refractivity contribution is 7.90. The standard InChI is InChI=1S/C14H15ClFN3O3S2.ClH/c1-24(21,22)5-4-11(17)13(20)19-14-18-12(7-23-14)8-2-3-10(16)9(15)6-8;/h2-3,6-7,11H,4-5,17H2,1H3,(H,18,19,20);1H. The fourth-order valence-corrected chi connectivity index (χ4v) is 3.37. The van der Waals surface area contributed by atoms with Gasteiger partial charge in [-0.2, -0.15) is 0 Å². The maximum atomic E-state index is 13.2. The molecule has 1 atom stereocenters. The second-order valence-corrected chi connectivity index (χ2v) is 8.71. The van der Waals surface area contributed by atoms with Crippen LogP contribution in [-0.4, -0.2) is 37.4 Å². The highest BCUT2D eigenvalue weighted by atomic mass is 35.5. The summed E-state index contributed by atoms with van der Waals surface area (Å²) in [7, 11) is -3.18. The molecule has 3 N–H and O–H groups in total. The number of hydrogen-bond donors (Lipinski definition) is 2. The van der Waals surface area contributed by atoms with Crippen molar-refractivity contribution < 1.29 is 17.6 Å². The van der Waals surface area contributed by atoms with Gasteiger partial charge in [-0.3, -0.25) is 4.79 Å². The van der Waals surface area contributed by atoms with Crippen LogP contribution in [0, 0.1) is 5.82 Å². The molecular weight excluding hydrogens is 412 g/mol. The van der Waals surface area contributed by atoms with Gasteiger partial charge >= 0.3 is 0 Å². The Bertz CT molecular complexity index is 859. The predicted octanol–water partition coefficient (Wildman–Crippen LogP) is 2.72. The summed E-state index contributed by atoms with van der Waals surface area (Å²) in [5.74, 6) is -1.21. The van der Waals surface area contributed by atoms with Crippen LogP contribution in [0.5, 0.6) is 0 Å². The van der Waals surface area contributed by atoms with Crippen LogP contribution in [0.2, 0.25) is 5.02 Å². The quantitative estimate of drug-likeness (QED) is 0.737. The minimum Gasteiger partial charge on any atom is -0.320 e. The van der Waals surface area contributed by atoms with Crippen LogP contribution in [0.15, 0.2) is 23.6 Å². The summed E-state index contributed by atoms with van der Waals surface area (Å²) >= 11 is 6.90. The smallest absolute Gasteiger partial charge is 0.243 e. The van der Waals surface area contributed by atoms with Gasteiger partial charge in [0.1, 0.15) is 15.7 Å².